The van der Waals surface area contributed by atoms with E-state index in [2.05, 4.69) is 50.2 Å². The van der Waals surface area contributed by atoms with E-state index in [1.54, 1.807) is 17.4 Å². The molecule has 0 saturated carbocycles. The molecule has 5 N–H and O–H groups in total. The lowest BCUT2D eigenvalue weighted by molar-refractivity contribution is -0.117. The number of carbonyl (C=O) groups excluding carboxylic acids is 2. The zero-order valence-corrected chi connectivity index (χ0v) is 25.0. The molecule has 0 radical (unpaired) electrons. The molecule has 9 nitrogen and oxygen atoms in total. The zero-order chi connectivity index (χ0) is 29.3. The van der Waals surface area contributed by atoms with Gasteiger partial charge in [0.15, 0.2) is 0 Å². The summed E-state index contributed by atoms with van der Waals surface area (Å²) in [5.74, 6) is 0.190. The standard InChI is InChI=1S/C32H32N6O3S2/c39-29(25-14-21-4-1-2-5-23(21)36-25)34-15-19-7-9-20(10-8-19)27-16-35-31(43-27)22-17-38(18-22)32(41)26-11-12-28(42-26)37-30(40)24-6-3-13-33-24/h1-2,4-5,7-12,14,16,22,24,29,33-34,36,39H,3,6,13,15,17-18H2,(H,37,40)/t24-,29?/m0/s1. The predicted molar refractivity (Wildman–Crippen MR) is 170 cm³/mol. The highest BCUT2D eigenvalue weighted by atomic mass is 32.1. The highest BCUT2D eigenvalue weighted by Crippen LogP contribution is 2.36. The summed E-state index contributed by atoms with van der Waals surface area (Å²) in [6, 6.07) is 21.7. The van der Waals surface area contributed by atoms with Crippen molar-refractivity contribution in [2.45, 2.75) is 37.6 Å². The molecule has 3 aromatic heterocycles. The first-order valence-electron chi connectivity index (χ1n) is 14.5. The van der Waals surface area contributed by atoms with Crippen LogP contribution in [0.4, 0.5) is 5.00 Å². The second-order valence-electron chi connectivity index (χ2n) is 11.1. The van der Waals surface area contributed by atoms with E-state index in [1.807, 2.05) is 47.5 Å². The van der Waals surface area contributed by atoms with Crippen LogP contribution in [0.5, 0.6) is 0 Å². The fourth-order valence-corrected chi connectivity index (χ4v) is 7.44. The van der Waals surface area contributed by atoms with Crippen LogP contribution in [0.2, 0.25) is 0 Å². The molecule has 2 aliphatic heterocycles. The molecular weight excluding hydrogens is 581 g/mol. The molecule has 2 fully saturated rings. The van der Waals surface area contributed by atoms with Crippen molar-refractivity contribution in [1.29, 1.82) is 0 Å². The summed E-state index contributed by atoms with van der Waals surface area (Å²) in [6.45, 7) is 2.68. The quantitative estimate of drug-likeness (QED) is 0.148. The highest BCUT2D eigenvalue weighted by molar-refractivity contribution is 7.18. The Bertz CT molecular complexity index is 1710. The van der Waals surface area contributed by atoms with E-state index in [4.69, 9.17) is 0 Å². The third kappa shape index (κ3) is 5.99. The van der Waals surface area contributed by atoms with E-state index in [9.17, 15) is 14.7 Å². The molecule has 0 spiro atoms. The van der Waals surface area contributed by atoms with E-state index in [-0.39, 0.29) is 23.8 Å². The van der Waals surface area contributed by atoms with Gasteiger partial charge in [-0.15, -0.1) is 22.7 Å². The van der Waals surface area contributed by atoms with Gasteiger partial charge >= 0.3 is 0 Å². The van der Waals surface area contributed by atoms with Crippen molar-refractivity contribution in [1.82, 2.24) is 25.5 Å². The van der Waals surface area contributed by atoms with E-state index >= 15 is 0 Å². The summed E-state index contributed by atoms with van der Waals surface area (Å²) >= 11 is 2.99. The van der Waals surface area contributed by atoms with Crippen LogP contribution < -0.4 is 16.0 Å². The zero-order valence-electron chi connectivity index (χ0n) is 23.4. The van der Waals surface area contributed by atoms with Gasteiger partial charge in [0.05, 0.1) is 31.5 Å². The van der Waals surface area contributed by atoms with Gasteiger partial charge in [-0.25, -0.2) is 4.98 Å². The number of para-hydroxylation sites is 1. The minimum Gasteiger partial charge on any atom is -0.373 e. The Balaban J connectivity index is 0.899. The summed E-state index contributed by atoms with van der Waals surface area (Å²) in [5, 5.41) is 22.7. The minimum absolute atomic E-state index is 0.00335. The summed E-state index contributed by atoms with van der Waals surface area (Å²) < 4.78 is 0. The largest absolute Gasteiger partial charge is 0.373 e. The second kappa shape index (κ2) is 12.0. The topological polar surface area (TPSA) is 122 Å². The molecule has 2 atom stereocenters. The van der Waals surface area contributed by atoms with E-state index < -0.39 is 6.23 Å². The van der Waals surface area contributed by atoms with Gasteiger partial charge in [0.1, 0.15) is 6.23 Å². The smallest absolute Gasteiger partial charge is 0.264 e. The summed E-state index contributed by atoms with van der Waals surface area (Å²) in [5.41, 5.74) is 3.91. The van der Waals surface area contributed by atoms with Crippen molar-refractivity contribution in [3.05, 3.63) is 94.1 Å². The van der Waals surface area contributed by atoms with Crippen LogP contribution in [0, 0.1) is 0 Å². The van der Waals surface area contributed by atoms with Crippen LogP contribution >= 0.6 is 22.7 Å². The molecular formula is C32H32N6O3S2. The lowest BCUT2D eigenvalue weighted by atomic mass is 10.0. The number of aromatic amines is 1. The molecule has 2 saturated heterocycles. The SMILES string of the molecule is O=C(Nc1ccc(C(=O)N2CC(c3ncc(-c4ccc(CNC(O)c5cc6ccccc6[nH]5)cc4)s3)C2)s1)[C@@H]1CCCN1. The summed E-state index contributed by atoms with van der Waals surface area (Å²) in [6.07, 6.45) is 2.97. The maximum Gasteiger partial charge on any atom is 0.264 e. The number of rotatable bonds is 9. The van der Waals surface area contributed by atoms with Gasteiger partial charge in [-0.2, -0.15) is 0 Å². The van der Waals surface area contributed by atoms with E-state index in [1.165, 1.54) is 11.3 Å². The molecule has 0 bridgehead atoms. The fourth-order valence-electron chi connectivity index (χ4n) is 5.56. The lowest BCUT2D eigenvalue weighted by Gasteiger charge is -2.37. The van der Waals surface area contributed by atoms with Gasteiger partial charge in [0.25, 0.3) is 5.91 Å². The maximum atomic E-state index is 13.0. The van der Waals surface area contributed by atoms with Crippen molar-refractivity contribution in [2.75, 3.05) is 25.0 Å². The number of carbonyl (C=O) groups is 2. The summed E-state index contributed by atoms with van der Waals surface area (Å²) in [4.78, 5) is 36.9. The number of hydrogen-bond donors (Lipinski definition) is 5. The molecule has 1 unspecified atom stereocenters. The number of anilines is 1. The number of aliphatic hydroxyl groups excluding tert-OH is 1. The van der Waals surface area contributed by atoms with Gasteiger partial charge < -0.3 is 25.6 Å². The average molecular weight is 613 g/mol. The van der Waals surface area contributed by atoms with Crippen LogP contribution in [0.15, 0.2) is 72.9 Å². The van der Waals surface area contributed by atoms with Crippen LogP contribution in [-0.2, 0) is 11.3 Å². The number of nitrogens with one attached hydrogen (secondary N) is 4. The highest BCUT2D eigenvalue weighted by Gasteiger charge is 2.35. The first-order valence-corrected chi connectivity index (χ1v) is 16.1. The van der Waals surface area contributed by atoms with Gasteiger partial charge in [0, 0.05) is 37.3 Å². The number of thiophene rings is 1. The van der Waals surface area contributed by atoms with Crippen molar-refractivity contribution in [3.63, 3.8) is 0 Å². The van der Waals surface area contributed by atoms with Gasteiger partial charge in [-0.05, 0) is 60.2 Å². The number of amides is 2. The Hall–Kier alpha value is -3.87. The van der Waals surface area contributed by atoms with Crippen molar-refractivity contribution in [2.24, 2.45) is 0 Å². The number of hydrogen-bond acceptors (Lipinski definition) is 8. The average Bonchev–Trinajstić information content (AvgIpc) is 3.82. The van der Waals surface area contributed by atoms with Crippen molar-refractivity contribution in [3.8, 4) is 10.4 Å². The number of likely N-dealkylation sites (tertiary alicyclic amines) is 1. The van der Waals surface area contributed by atoms with Crippen molar-refractivity contribution < 1.29 is 14.7 Å². The number of benzene rings is 2. The number of aliphatic hydroxyl groups is 1. The maximum absolute atomic E-state index is 13.0. The van der Waals surface area contributed by atoms with Crippen LogP contribution in [0.1, 0.15) is 50.9 Å². The third-order valence-electron chi connectivity index (χ3n) is 8.06. The van der Waals surface area contributed by atoms with Gasteiger partial charge in [0.2, 0.25) is 5.91 Å². The van der Waals surface area contributed by atoms with Gasteiger partial charge in [-0.3, -0.25) is 14.9 Å². The molecule has 7 rings (SSSR count). The Morgan fingerprint density at radius 3 is 2.70 bits per heavy atom. The summed E-state index contributed by atoms with van der Waals surface area (Å²) in [7, 11) is 0. The molecule has 220 valence electrons. The Kier molecular flexibility index (Phi) is 7.81. The van der Waals surface area contributed by atoms with Crippen LogP contribution in [0.25, 0.3) is 21.3 Å². The number of aromatic nitrogens is 2. The number of fused-ring (bicyclic) bond motifs is 1. The van der Waals surface area contributed by atoms with Crippen LogP contribution in [-0.4, -0.2) is 57.5 Å². The fraction of sp³-hybridized carbons (Fsp3) is 0.281. The van der Waals surface area contributed by atoms with Crippen molar-refractivity contribution >= 4 is 50.4 Å². The number of nitrogens with zero attached hydrogens (tertiary/aromatic N) is 2. The molecule has 11 heteroatoms. The third-order valence-corrected chi connectivity index (χ3v) is 10.3. The van der Waals surface area contributed by atoms with E-state index in [0.29, 0.717) is 29.5 Å². The Labute approximate surface area is 257 Å². The second-order valence-corrected chi connectivity index (χ2v) is 13.2. The first-order chi connectivity index (χ1) is 21.0. The molecule has 5 heterocycles. The van der Waals surface area contributed by atoms with Crippen LogP contribution in [0.3, 0.4) is 0 Å². The first kappa shape index (κ1) is 27.9. The molecule has 2 aliphatic rings. The van der Waals surface area contributed by atoms with E-state index in [0.717, 1.165) is 57.0 Å². The molecule has 43 heavy (non-hydrogen) atoms. The normalized spacial score (nSPS) is 17.7. The monoisotopic (exact) mass is 612 g/mol. The molecule has 0 aliphatic carbocycles. The molecule has 5 aromatic rings. The lowest BCUT2D eigenvalue weighted by Crippen LogP contribution is -2.48. The number of thiazole rings is 1. The van der Waals surface area contributed by atoms with Gasteiger partial charge in [-0.1, -0.05) is 42.5 Å². The Morgan fingerprint density at radius 1 is 1.07 bits per heavy atom. The predicted octanol–water partition coefficient (Wildman–Crippen LogP) is 5.06. The number of H-pyrrole nitrogens is 1. The molecule has 2 amide bonds. The Morgan fingerprint density at radius 2 is 1.91 bits per heavy atom. The minimum atomic E-state index is -0.785. The molecule has 2 aromatic carbocycles.